The van der Waals surface area contributed by atoms with Crippen LogP contribution in [-0.4, -0.2) is 37.2 Å². The third-order valence-electron chi connectivity index (χ3n) is 4.55. The summed E-state index contributed by atoms with van der Waals surface area (Å²) in [5, 5.41) is 0. The van der Waals surface area contributed by atoms with Gasteiger partial charge in [0.2, 0.25) is 5.91 Å². The van der Waals surface area contributed by atoms with Crippen molar-refractivity contribution in [3.05, 3.63) is 65.7 Å². The van der Waals surface area contributed by atoms with Crippen LogP contribution in [0, 0.1) is 0 Å². The average Bonchev–Trinajstić information content (AvgIpc) is 3.15. The predicted octanol–water partition coefficient (Wildman–Crippen LogP) is 3.45. The van der Waals surface area contributed by atoms with E-state index in [0.29, 0.717) is 19.5 Å². The van der Waals surface area contributed by atoms with E-state index in [-0.39, 0.29) is 12.0 Å². The van der Waals surface area contributed by atoms with Gasteiger partial charge in [0.15, 0.2) is 0 Å². The van der Waals surface area contributed by atoms with E-state index in [2.05, 4.69) is 12.1 Å². The Kier molecular flexibility index (Phi) is 6.07. The number of nitrogens with zero attached hydrogens (tertiary/aromatic N) is 1. The van der Waals surface area contributed by atoms with Gasteiger partial charge in [0.1, 0.15) is 5.75 Å². The van der Waals surface area contributed by atoms with E-state index in [0.717, 1.165) is 36.3 Å². The summed E-state index contributed by atoms with van der Waals surface area (Å²) in [7, 11) is 1.64. The van der Waals surface area contributed by atoms with Crippen molar-refractivity contribution in [2.75, 3.05) is 20.3 Å². The van der Waals surface area contributed by atoms with Crippen LogP contribution < -0.4 is 4.74 Å². The number of hydrogen-bond donors (Lipinski definition) is 0. The van der Waals surface area contributed by atoms with Gasteiger partial charge in [-0.15, -0.1) is 0 Å². The molecule has 4 nitrogen and oxygen atoms in total. The van der Waals surface area contributed by atoms with Gasteiger partial charge in [0, 0.05) is 25.3 Å². The molecule has 0 bridgehead atoms. The van der Waals surface area contributed by atoms with Gasteiger partial charge < -0.3 is 14.4 Å². The Morgan fingerprint density at radius 3 is 2.64 bits per heavy atom. The van der Waals surface area contributed by atoms with Crippen molar-refractivity contribution in [2.45, 2.75) is 31.9 Å². The van der Waals surface area contributed by atoms with Crippen LogP contribution in [0.25, 0.3) is 0 Å². The van der Waals surface area contributed by atoms with Gasteiger partial charge in [-0.25, -0.2) is 0 Å². The van der Waals surface area contributed by atoms with Crippen LogP contribution in [0.15, 0.2) is 54.6 Å². The van der Waals surface area contributed by atoms with Crippen molar-refractivity contribution < 1.29 is 14.3 Å². The van der Waals surface area contributed by atoms with E-state index in [9.17, 15) is 4.79 Å². The molecule has 0 aromatic heterocycles. The molecule has 1 fully saturated rings. The lowest BCUT2D eigenvalue weighted by Crippen LogP contribution is -2.37. The number of ether oxygens (including phenoxy) is 2. The normalized spacial score (nSPS) is 16.6. The number of benzene rings is 2. The third-order valence-corrected chi connectivity index (χ3v) is 4.55. The van der Waals surface area contributed by atoms with Crippen LogP contribution in [0.1, 0.15) is 24.0 Å². The molecule has 0 N–H and O–H groups in total. The fourth-order valence-electron chi connectivity index (χ4n) is 3.22. The Balaban J connectivity index is 1.73. The number of carbonyl (C=O) groups is 1. The zero-order valence-electron chi connectivity index (χ0n) is 14.7. The molecule has 2 aromatic rings. The number of methoxy groups -OCH3 is 1. The zero-order chi connectivity index (χ0) is 17.5. The maximum absolute atomic E-state index is 13.0. The fraction of sp³-hybridized carbons (Fsp3) is 0.381. The molecule has 1 saturated heterocycles. The van der Waals surface area contributed by atoms with E-state index in [1.165, 1.54) is 0 Å². The lowest BCUT2D eigenvalue weighted by Gasteiger charge is -2.26. The van der Waals surface area contributed by atoms with Crippen LogP contribution in [0.3, 0.4) is 0 Å². The summed E-state index contributed by atoms with van der Waals surface area (Å²) in [5.74, 6) is 0.858. The molecule has 25 heavy (non-hydrogen) atoms. The SMILES string of the molecule is COc1ccccc1CC(=O)N(Cc1ccccc1)C[C@H]1CCCO1. The minimum absolute atomic E-state index is 0.101. The van der Waals surface area contributed by atoms with Gasteiger partial charge in [0.05, 0.1) is 19.6 Å². The summed E-state index contributed by atoms with van der Waals surface area (Å²) in [5.41, 5.74) is 2.05. The molecular formula is C21H25NO3. The van der Waals surface area contributed by atoms with Crippen molar-refractivity contribution in [1.82, 2.24) is 4.90 Å². The quantitative estimate of drug-likeness (QED) is 0.775. The summed E-state index contributed by atoms with van der Waals surface area (Å²) < 4.78 is 11.1. The fourth-order valence-corrected chi connectivity index (χ4v) is 3.22. The molecule has 0 unspecified atom stereocenters. The average molecular weight is 339 g/mol. The van der Waals surface area contributed by atoms with Crippen molar-refractivity contribution in [3.63, 3.8) is 0 Å². The summed E-state index contributed by atoms with van der Waals surface area (Å²) >= 11 is 0. The topological polar surface area (TPSA) is 38.8 Å². The van der Waals surface area contributed by atoms with E-state index in [1.54, 1.807) is 7.11 Å². The van der Waals surface area contributed by atoms with Gasteiger partial charge in [-0.05, 0) is 24.5 Å². The van der Waals surface area contributed by atoms with E-state index < -0.39 is 0 Å². The minimum atomic E-state index is 0.101. The highest BCUT2D eigenvalue weighted by atomic mass is 16.5. The maximum atomic E-state index is 13.0. The zero-order valence-corrected chi connectivity index (χ0v) is 14.7. The molecule has 1 heterocycles. The van der Waals surface area contributed by atoms with Crippen LogP contribution in [0.5, 0.6) is 5.75 Å². The highest BCUT2D eigenvalue weighted by Crippen LogP contribution is 2.20. The second kappa shape index (κ2) is 8.67. The first-order valence-electron chi connectivity index (χ1n) is 8.81. The van der Waals surface area contributed by atoms with E-state index >= 15 is 0 Å². The van der Waals surface area contributed by atoms with Gasteiger partial charge >= 0.3 is 0 Å². The number of carbonyl (C=O) groups excluding carboxylic acids is 1. The largest absolute Gasteiger partial charge is 0.496 e. The first-order chi connectivity index (χ1) is 12.3. The monoisotopic (exact) mass is 339 g/mol. The molecule has 1 aliphatic rings. The molecular weight excluding hydrogens is 314 g/mol. The molecule has 0 radical (unpaired) electrons. The molecule has 4 heteroatoms. The van der Waals surface area contributed by atoms with Gasteiger partial charge in [-0.2, -0.15) is 0 Å². The molecule has 3 rings (SSSR count). The molecule has 1 amide bonds. The smallest absolute Gasteiger partial charge is 0.227 e. The summed E-state index contributed by atoms with van der Waals surface area (Å²) in [4.78, 5) is 14.9. The van der Waals surface area contributed by atoms with Crippen molar-refractivity contribution >= 4 is 5.91 Å². The predicted molar refractivity (Wildman–Crippen MR) is 97.5 cm³/mol. The summed E-state index contributed by atoms with van der Waals surface area (Å²) in [6.45, 7) is 2.04. The van der Waals surface area contributed by atoms with Crippen LogP contribution >= 0.6 is 0 Å². The van der Waals surface area contributed by atoms with Crippen molar-refractivity contribution in [3.8, 4) is 5.75 Å². The van der Waals surface area contributed by atoms with E-state index in [4.69, 9.17) is 9.47 Å². The van der Waals surface area contributed by atoms with E-state index in [1.807, 2.05) is 47.4 Å². The second-order valence-electron chi connectivity index (χ2n) is 6.38. The Hall–Kier alpha value is -2.33. The molecule has 2 aromatic carbocycles. The van der Waals surface area contributed by atoms with Crippen LogP contribution in [0.2, 0.25) is 0 Å². The Morgan fingerprint density at radius 2 is 1.92 bits per heavy atom. The van der Waals surface area contributed by atoms with Gasteiger partial charge in [-0.1, -0.05) is 48.5 Å². The number of para-hydroxylation sites is 1. The molecule has 1 aliphatic heterocycles. The molecule has 0 saturated carbocycles. The first-order valence-corrected chi connectivity index (χ1v) is 8.81. The lowest BCUT2D eigenvalue weighted by atomic mass is 10.1. The van der Waals surface area contributed by atoms with Crippen molar-refractivity contribution in [1.29, 1.82) is 0 Å². The highest BCUT2D eigenvalue weighted by Gasteiger charge is 2.23. The maximum Gasteiger partial charge on any atom is 0.227 e. The highest BCUT2D eigenvalue weighted by molar-refractivity contribution is 5.79. The van der Waals surface area contributed by atoms with Crippen molar-refractivity contribution in [2.24, 2.45) is 0 Å². The molecule has 1 atom stereocenters. The summed E-state index contributed by atoms with van der Waals surface area (Å²) in [6.07, 6.45) is 2.58. The Labute approximate surface area is 149 Å². The van der Waals surface area contributed by atoms with Gasteiger partial charge in [-0.3, -0.25) is 4.79 Å². The molecule has 0 aliphatic carbocycles. The Morgan fingerprint density at radius 1 is 1.16 bits per heavy atom. The first kappa shape index (κ1) is 17.5. The van der Waals surface area contributed by atoms with Crippen LogP contribution in [0.4, 0.5) is 0 Å². The molecule has 132 valence electrons. The standard InChI is InChI=1S/C21H25NO3/c1-24-20-12-6-5-10-18(20)14-21(23)22(16-19-11-7-13-25-19)15-17-8-3-2-4-9-17/h2-6,8-10,12,19H,7,11,13-16H2,1H3/t19-/m1/s1. The minimum Gasteiger partial charge on any atom is -0.496 e. The Bertz CT molecular complexity index is 681. The van der Waals surface area contributed by atoms with Gasteiger partial charge in [0.25, 0.3) is 0 Å². The summed E-state index contributed by atoms with van der Waals surface area (Å²) in [6, 6.07) is 17.8. The number of rotatable bonds is 7. The number of amides is 1. The lowest BCUT2D eigenvalue weighted by molar-refractivity contribution is -0.132. The third kappa shape index (κ3) is 4.83. The number of hydrogen-bond acceptors (Lipinski definition) is 3. The second-order valence-corrected chi connectivity index (χ2v) is 6.38. The molecule has 0 spiro atoms. The van der Waals surface area contributed by atoms with Crippen LogP contribution in [-0.2, 0) is 22.5 Å².